The van der Waals surface area contributed by atoms with Crippen LogP contribution in [0.15, 0.2) is 24.3 Å². The highest BCUT2D eigenvalue weighted by molar-refractivity contribution is 6.34. The second-order valence-corrected chi connectivity index (χ2v) is 6.38. The fourth-order valence-electron chi connectivity index (χ4n) is 3.59. The van der Waals surface area contributed by atoms with Gasteiger partial charge in [0.2, 0.25) is 0 Å². The standard InChI is InChI=1S/C19H20N2O2/c1-11-4-3-5-17-14(11)8-12(20-17)9-16-15-10-13(23-2)6-7-18(15)21-19(16)22/h6-11,20H,3-5H2,1-2H3,(H,21,22). The molecule has 2 heterocycles. The predicted molar refractivity (Wildman–Crippen MR) is 91.6 cm³/mol. The fraction of sp³-hybridized carbons (Fsp3) is 0.316. The first-order valence-corrected chi connectivity index (χ1v) is 8.09. The summed E-state index contributed by atoms with van der Waals surface area (Å²) in [5.41, 5.74) is 6.14. The molecular weight excluding hydrogens is 288 g/mol. The number of anilines is 1. The van der Waals surface area contributed by atoms with Crippen LogP contribution in [0, 0.1) is 0 Å². The van der Waals surface area contributed by atoms with Gasteiger partial charge >= 0.3 is 0 Å². The number of fused-ring (bicyclic) bond motifs is 2. The summed E-state index contributed by atoms with van der Waals surface area (Å²) >= 11 is 0. The van der Waals surface area contributed by atoms with Crippen molar-refractivity contribution in [3.8, 4) is 5.75 Å². The molecule has 2 aromatic rings. The number of hydrogen-bond donors (Lipinski definition) is 2. The molecule has 1 atom stereocenters. The summed E-state index contributed by atoms with van der Waals surface area (Å²) in [5, 5.41) is 2.91. The van der Waals surface area contributed by atoms with Crippen molar-refractivity contribution in [2.75, 3.05) is 12.4 Å². The van der Waals surface area contributed by atoms with Crippen molar-refractivity contribution in [1.29, 1.82) is 0 Å². The lowest BCUT2D eigenvalue weighted by atomic mass is 9.88. The number of carbonyl (C=O) groups is 1. The van der Waals surface area contributed by atoms with E-state index in [1.807, 2.05) is 24.3 Å². The lowest BCUT2D eigenvalue weighted by molar-refractivity contribution is -0.110. The SMILES string of the molecule is COc1ccc2c(c1)C(=Cc1cc3c([nH]1)CCCC3C)C(=O)N2. The van der Waals surface area contributed by atoms with E-state index in [1.165, 1.54) is 24.1 Å². The number of rotatable bonds is 2. The van der Waals surface area contributed by atoms with E-state index in [0.717, 1.165) is 29.1 Å². The zero-order valence-electron chi connectivity index (χ0n) is 13.4. The highest BCUT2D eigenvalue weighted by Gasteiger charge is 2.25. The minimum Gasteiger partial charge on any atom is -0.497 e. The molecule has 0 fully saturated rings. The molecule has 0 radical (unpaired) electrons. The maximum absolute atomic E-state index is 12.3. The van der Waals surface area contributed by atoms with Crippen LogP contribution in [-0.2, 0) is 11.2 Å². The molecule has 0 saturated carbocycles. The smallest absolute Gasteiger partial charge is 0.256 e. The normalized spacial score (nSPS) is 21.0. The van der Waals surface area contributed by atoms with E-state index in [1.54, 1.807) is 7.11 Å². The van der Waals surface area contributed by atoms with E-state index < -0.39 is 0 Å². The summed E-state index contributed by atoms with van der Waals surface area (Å²) in [6.07, 6.45) is 5.51. The van der Waals surface area contributed by atoms with Gasteiger partial charge in [0.15, 0.2) is 0 Å². The fourth-order valence-corrected chi connectivity index (χ4v) is 3.59. The van der Waals surface area contributed by atoms with Crippen LogP contribution in [0.5, 0.6) is 5.75 Å². The van der Waals surface area contributed by atoms with Crippen LogP contribution in [0.1, 0.15) is 48.2 Å². The monoisotopic (exact) mass is 308 g/mol. The largest absolute Gasteiger partial charge is 0.497 e. The van der Waals surface area contributed by atoms with E-state index in [2.05, 4.69) is 23.3 Å². The molecular formula is C19H20N2O2. The Hall–Kier alpha value is -2.49. The van der Waals surface area contributed by atoms with Crippen molar-refractivity contribution in [3.63, 3.8) is 0 Å². The first-order valence-electron chi connectivity index (χ1n) is 8.09. The molecule has 4 rings (SSSR count). The molecule has 1 aliphatic heterocycles. The molecule has 2 N–H and O–H groups in total. The molecule has 23 heavy (non-hydrogen) atoms. The number of aromatic nitrogens is 1. The summed E-state index contributed by atoms with van der Waals surface area (Å²) < 4.78 is 5.28. The maximum Gasteiger partial charge on any atom is 0.256 e. The van der Waals surface area contributed by atoms with Crippen LogP contribution in [0.2, 0.25) is 0 Å². The number of ether oxygens (including phenoxy) is 1. The number of aromatic amines is 1. The lowest BCUT2D eigenvalue weighted by Crippen LogP contribution is -2.04. The van der Waals surface area contributed by atoms with Gasteiger partial charge in [-0.2, -0.15) is 0 Å². The van der Waals surface area contributed by atoms with Crippen LogP contribution >= 0.6 is 0 Å². The van der Waals surface area contributed by atoms with E-state index >= 15 is 0 Å². The third-order valence-corrected chi connectivity index (χ3v) is 4.86. The van der Waals surface area contributed by atoms with Crippen LogP contribution in [-0.4, -0.2) is 18.0 Å². The number of aryl methyl sites for hydroxylation is 1. The van der Waals surface area contributed by atoms with Crippen LogP contribution in [0.3, 0.4) is 0 Å². The van der Waals surface area contributed by atoms with Gasteiger partial charge in [0.05, 0.1) is 12.7 Å². The molecule has 0 spiro atoms. The summed E-state index contributed by atoms with van der Waals surface area (Å²) in [5.74, 6) is 1.28. The lowest BCUT2D eigenvalue weighted by Gasteiger charge is -2.17. The summed E-state index contributed by atoms with van der Waals surface area (Å²) in [6, 6.07) is 7.84. The molecule has 0 saturated heterocycles. The Kier molecular flexibility index (Phi) is 3.26. The van der Waals surface area contributed by atoms with Crippen molar-refractivity contribution < 1.29 is 9.53 Å². The van der Waals surface area contributed by atoms with Gasteiger partial charge in [-0.05, 0) is 61.1 Å². The van der Waals surface area contributed by atoms with E-state index in [0.29, 0.717) is 11.5 Å². The van der Waals surface area contributed by atoms with Crippen LogP contribution < -0.4 is 10.1 Å². The second-order valence-electron chi connectivity index (χ2n) is 6.38. The van der Waals surface area contributed by atoms with Gasteiger partial charge in [0, 0.05) is 22.6 Å². The zero-order chi connectivity index (χ0) is 16.0. The van der Waals surface area contributed by atoms with E-state index in [-0.39, 0.29) is 5.91 Å². The average molecular weight is 308 g/mol. The highest BCUT2D eigenvalue weighted by atomic mass is 16.5. The molecule has 1 aliphatic carbocycles. The van der Waals surface area contributed by atoms with Gasteiger partial charge in [-0.3, -0.25) is 4.79 Å². The number of methoxy groups -OCH3 is 1. The molecule has 2 aliphatic rings. The van der Waals surface area contributed by atoms with Gasteiger partial charge in [-0.15, -0.1) is 0 Å². The maximum atomic E-state index is 12.3. The quantitative estimate of drug-likeness (QED) is 0.825. The molecule has 0 bridgehead atoms. The topological polar surface area (TPSA) is 54.1 Å². The predicted octanol–water partition coefficient (Wildman–Crippen LogP) is 3.96. The van der Waals surface area contributed by atoms with Crippen molar-refractivity contribution >= 4 is 23.2 Å². The molecule has 1 unspecified atom stereocenters. The summed E-state index contributed by atoms with van der Waals surface area (Å²) in [6.45, 7) is 2.27. The third kappa shape index (κ3) is 2.34. The van der Waals surface area contributed by atoms with E-state index in [4.69, 9.17) is 4.74 Å². The van der Waals surface area contributed by atoms with Gasteiger partial charge < -0.3 is 15.0 Å². The van der Waals surface area contributed by atoms with Crippen LogP contribution in [0.4, 0.5) is 5.69 Å². The molecule has 4 heteroatoms. The van der Waals surface area contributed by atoms with Crippen molar-refractivity contribution in [3.05, 3.63) is 46.8 Å². The molecule has 1 aromatic carbocycles. The first kappa shape index (κ1) is 14.1. The molecule has 118 valence electrons. The number of amides is 1. The molecule has 1 amide bonds. The number of carbonyl (C=O) groups excluding carboxylic acids is 1. The first-order chi connectivity index (χ1) is 11.2. The highest BCUT2D eigenvalue weighted by Crippen LogP contribution is 2.37. The Balaban J connectivity index is 1.76. The van der Waals surface area contributed by atoms with Gasteiger partial charge in [-0.25, -0.2) is 0 Å². The number of nitrogens with one attached hydrogen (secondary N) is 2. The Bertz CT molecular complexity index is 817. The minimum absolute atomic E-state index is 0.0612. The Morgan fingerprint density at radius 1 is 1.30 bits per heavy atom. The Morgan fingerprint density at radius 3 is 2.96 bits per heavy atom. The Labute approximate surface area is 135 Å². The molecule has 4 nitrogen and oxygen atoms in total. The van der Waals surface area contributed by atoms with Crippen molar-refractivity contribution in [2.24, 2.45) is 0 Å². The average Bonchev–Trinajstić information content (AvgIpc) is 3.09. The zero-order valence-corrected chi connectivity index (χ0v) is 13.4. The molecule has 1 aromatic heterocycles. The number of benzene rings is 1. The third-order valence-electron chi connectivity index (χ3n) is 4.86. The van der Waals surface area contributed by atoms with E-state index in [9.17, 15) is 4.79 Å². The van der Waals surface area contributed by atoms with Gasteiger partial charge in [0.25, 0.3) is 5.91 Å². The van der Waals surface area contributed by atoms with Crippen LogP contribution in [0.25, 0.3) is 11.6 Å². The summed E-state index contributed by atoms with van der Waals surface area (Å²) in [7, 11) is 1.63. The second kappa shape index (κ2) is 5.30. The van der Waals surface area contributed by atoms with Crippen molar-refractivity contribution in [1.82, 2.24) is 4.98 Å². The number of H-pyrrole nitrogens is 1. The minimum atomic E-state index is -0.0612. The summed E-state index contributed by atoms with van der Waals surface area (Å²) in [4.78, 5) is 15.8. The van der Waals surface area contributed by atoms with Gasteiger partial charge in [0.1, 0.15) is 5.75 Å². The Morgan fingerprint density at radius 2 is 2.17 bits per heavy atom. The van der Waals surface area contributed by atoms with Crippen molar-refractivity contribution in [2.45, 2.75) is 32.1 Å². The number of hydrogen-bond acceptors (Lipinski definition) is 2. The van der Waals surface area contributed by atoms with Gasteiger partial charge in [-0.1, -0.05) is 6.92 Å².